The second kappa shape index (κ2) is 5.57. The SMILES string of the molecule is O=C1NCC2C1CCCN2CCCC1CCCN1. The van der Waals surface area contributed by atoms with Crippen molar-refractivity contribution < 1.29 is 4.79 Å². The highest BCUT2D eigenvalue weighted by molar-refractivity contribution is 5.82. The van der Waals surface area contributed by atoms with Crippen LogP contribution in [0.2, 0.25) is 0 Å². The van der Waals surface area contributed by atoms with Crippen molar-refractivity contribution in [3.8, 4) is 0 Å². The third kappa shape index (κ3) is 2.54. The fourth-order valence-electron chi connectivity index (χ4n) is 3.86. The molecule has 2 N–H and O–H groups in total. The average molecular weight is 251 g/mol. The maximum Gasteiger partial charge on any atom is 0.224 e. The molecule has 0 spiro atoms. The zero-order valence-electron chi connectivity index (χ0n) is 11.2. The number of nitrogens with one attached hydrogen (secondary N) is 2. The smallest absolute Gasteiger partial charge is 0.224 e. The van der Waals surface area contributed by atoms with Gasteiger partial charge in [-0.3, -0.25) is 9.69 Å². The highest BCUT2D eigenvalue weighted by Gasteiger charge is 2.40. The zero-order chi connectivity index (χ0) is 12.4. The van der Waals surface area contributed by atoms with Crippen LogP contribution in [-0.4, -0.2) is 49.1 Å². The van der Waals surface area contributed by atoms with E-state index in [2.05, 4.69) is 15.5 Å². The number of fused-ring (bicyclic) bond motifs is 1. The second-order valence-electron chi connectivity index (χ2n) is 6.03. The summed E-state index contributed by atoms with van der Waals surface area (Å²) in [6, 6.07) is 1.25. The fraction of sp³-hybridized carbons (Fsp3) is 0.929. The third-order valence-electron chi connectivity index (χ3n) is 4.88. The van der Waals surface area contributed by atoms with Crippen LogP contribution < -0.4 is 10.6 Å². The fourth-order valence-corrected chi connectivity index (χ4v) is 3.86. The van der Waals surface area contributed by atoms with Crippen LogP contribution in [0.3, 0.4) is 0 Å². The molecule has 0 aromatic heterocycles. The van der Waals surface area contributed by atoms with Gasteiger partial charge in [0.25, 0.3) is 0 Å². The van der Waals surface area contributed by atoms with Gasteiger partial charge in [-0.05, 0) is 58.2 Å². The molecule has 102 valence electrons. The summed E-state index contributed by atoms with van der Waals surface area (Å²) in [5, 5.41) is 6.59. The molecule has 4 nitrogen and oxygen atoms in total. The molecule has 3 rings (SSSR count). The molecule has 0 aromatic carbocycles. The highest BCUT2D eigenvalue weighted by atomic mass is 16.2. The van der Waals surface area contributed by atoms with Gasteiger partial charge in [-0.2, -0.15) is 0 Å². The number of carbonyl (C=O) groups excluding carboxylic acids is 1. The molecule has 0 aliphatic carbocycles. The first-order valence-electron chi connectivity index (χ1n) is 7.60. The summed E-state index contributed by atoms with van der Waals surface area (Å²) < 4.78 is 0. The van der Waals surface area contributed by atoms with Crippen molar-refractivity contribution in [2.45, 2.75) is 50.6 Å². The second-order valence-corrected chi connectivity index (χ2v) is 6.03. The van der Waals surface area contributed by atoms with Crippen molar-refractivity contribution in [2.75, 3.05) is 26.2 Å². The van der Waals surface area contributed by atoms with Crippen molar-refractivity contribution in [3.05, 3.63) is 0 Å². The van der Waals surface area contributed by atoms with Crippen LogP contribution in [0.25, 0.3) is 0 Å². The van der Waals surface area contributed by atoms with Gasteiger partial charge < -0.3 is 10.6 Å². The summed E-state index contributed by atoms with van der Waals surface area (Å²) in [5.74, 6) is 0.575. The number of rotatable bonds is 4. The molecule has 3 unspecified atom stereocenters. The summed E-state index contributed by atoms with van der Waals surface area (Å²) in [4.78, 5) is 14.2. The molecule has 0 radical (unpaired) electrons. The molecule has 0 saturated carbocycles. The Hall–Kier alpha value is -0.610. The van der Waals surface area contributed by atoms with Crippen LogP contribution in [0.4, 0.5) is 0 Å². The first kappa shape index (κ1) is 12.4. The Morgan fingerprint density at radius 3 is 3.06 bits per heavy atom. The molecule has 3 aliphatic heterocycles. The van der Waals surface area contributed by atoms with Gasteiger partial charge in [0.1, 0.15) is 0 Å². The van der Waals surface area contributed by atoms with Gasteiger partial charge in [-0.25, -0.2) is 0 Å². The lowest BCUT2D eigenvalue weighted by molar-refractivity contribution is -0.124. The van der Waals surface area contributed by atoms with Crippen LogP contribution >= 0.6 is 0 Å². The van der Waals surface area contributed by atoms with Gasteiger partial charge >= 0.3 is 0 Å². The first-order valence-corrected chi connectivity index (χ1v) is 7.60. The molecule has 3 fully saturated rings. The minimum Gasteiger partial charge on any atom is -0.354 e. The van der Waals surface area contributed by atoms with E-state index >= 15 is 0 Å². The number of hydrogen-bond acceptors (Lipinski definition) is 3. The number of nitrogens with zero attached hydrogens (tertiary/aromatic N) is 1. The Kier molecular flexibility index (Phi) is 3.85. The molecular weight excluding hydrogens is 226 g/mol. The zero-order valence-corrected chi connectivity index (χ0v) is 11.2. The minimum atomic E-state index is 0.281. The van der Waals surface area contributed by atoms with Crippen LogP contribution in [-0.2, 0) is 4.79 Å². The summed E-state index contributed by atoms with van der Waals surface area (Å²) in [6.45, 7) is 4.45. The van der Waals surface area contributed by atoms with E-state index in [1.807, 2.05) is 0 Å². The number of piperidine rings is 1. The predicted octanol–water partition coefficient (Wildman–Crippen LogP) is 0.729. The monoisotopic (exact) mass is 251 g/mol. The normalized spacial score (nSPS) is 36.7. The molecule has 18 heavy (non-hydrogen) atoms. The lowest BCUT2D eigenvalue weighted by atomic mass is 9.91. The van der Waals surface area contributed by atoms with Crippen molar-refractivity contribution in [3.63, 3.8) is 0 Å². The van der Waals surface area contributed by atoms with E-state index in [4.69, 9.17) is 0 Å². The average Bonchev–Trinajstić information content (AvgIpc) is 3.01. The van der Waals surface area contributed by atoms with Crippen LogP contribution in [0, 0.1) is 5.92 Å². The van der Waals surface area contributed by atoms with Gasteiger partial charge in [0.05, 0.1) is 5.92 Å². The molecular formula is C14H25N3O. The van der Waals surface area contributed by atoms with E-state index in [1.165, 1.54) is 51.7 Å². The van der Waals surface area contributed by atoms with Crippen molar-refractivity contribution >= 4 is 5.91 Å². The summed E-state index contributed by atoms with van der Waals surface area (Å²) in [6.07, 6.45) is 7.56. The molecule has 3 aliphatic rings. The lowest BCUT2D eigenvalue weighted by Crippen LogP contribution is -2.46. The number of likely N-dealkylation sites (tertiary alicyclic amines) is 1. The maximum absolute atomic E-state index is 11.7. The predicted molar refractivity (Wildman–Crippen MR) is 71.4 cm³/mol. The summed E-state index contributed by atoms with van der Waals surface area (Å²) in [5.41, 5.74) is 0. The van der Waals surface area contributed by atoms with Crippen LogP contribution in [0.5, 0.6) is 0 Å². The van der Waals surface area contributed by atoms with Gasteiger partial charge in [0.2, 0.25) is 5.91 Å². The minimum absolute atomic E-state index is 0.281. The molecule has 0 aromatic rings. The van der Waals surface area contributed by atoms with Crippen molar-refractivity contribution in [1.82, 2.24) is 15.5 Å². The molecule has 4 heteroatoms. The molecule has 0 bridgehead atoms. The Bertz CT molecular complexity index is 301. The maximum atomic E-state index is 11.7. The number of hydrogen-bond donors (Lipinski definition) is 2. The third-order valence-corrected chi connectivity index (χ3v) is 4.88. The van der Waals surface area contributed by atoms with Gasteiger partial charge in [0, 0.05) is 18.6 Å². The van der Waals surface area contributed by atoms with Gasteiger partial charge in [-0.15, -0.1) is 0 Å². The van der Waals surface area contributed by atoms with Crippen LogP contribution in [0.1, 0.15) is 38.5 Å². The van der Waals surface area contributed by atoms with E-state index < -0.39 is 0 Å². The van der Waals surface area contributed by atoms with E-state index in [-0.39, 0.29) is 5.92 Å². The number of carbonyl (C=O) groups is 1. The first-order chi connectivity index (χ1) is 8.84. The molecule has 1 amide bonds. The van der Waals surface area contributed by atoms with E-state index in [1.54, 1.807) is 0 Å². The Balaban J connectivity index is 1.45. The van der Waals surface area contributed by atoms with Gasteiger partial charge in [-0.1, -0.05) is 0 Å². The van der Waals surface area contributed by atoms with Gasteiger partial charge in [0.15, 0.2) is 0 Å². The van der Waals surface area contributed by atoms with E-state index in [0.717, 1.165) is 19.0 Å². The number of amides is 1. The summed E-state index contributed by atoms with van der Waals surface area (Å²) in [7, 11) is 0. The van der Waals surface area contributed by atoms with E-state index in [0.29, 0.717) is 11.9 Å². The molecule has 3 heterocycles. The Morgan fingerprint density at radius 2 is 2.22 bits per heavy atom. The molecule has 3 atom stereocenters. The largest absolute Gasteiger partial charge is 0.354 e. The van der Waals surface area contributed by atoms with E-state index in [9.17, 15) is 4.79 Å². The standard InChI is InChI=1S/C14H25N3O/c18-14-12-6-3-9-17(13(12)10-16-14)8-2-5-11-4-1-7-15-11/h11-13,15H,1-10H2,(H,16,18). The summed E-state index contributed by atoms with van der Waals surface area (Å²) >= 11 is 0. The van der Waals surface area contributed by atoms with Crippen molar-refractivity contribution in [2.24, 2.45) is 5.92 Å². The molecule has 3 saturated heterocycles. The lowest BCUT2D eigenvalue weighted by Gasteiger charge is -2.36. The highest BCUT2D eigenvalue weighted by Crippen LogP contribution is 2.27. The quantitative estimate of drug-likeness (QED) is 0.774. The van der Waals surface area contributed by atoms with Crippen LogP contribution in [0.15, 0.2) is 0 Å². The van der Waals surface area contributed by atoms with Crippen molar-refractivity contribution in [1.29, 1.82) is 0 Å². The Labute approximate surface area is 109 Å². The Morgan fingerprint density at radius 1 is 1.28 bits per heavy atom. The topological polar surface area (TPSA) is 44.4 Å².